The minimum absolute atomic E-state index is 0.358. The number of hydrogen-bond donors (Lipinski definition) is 2. The predicted octanol–water partition coefficient (Wildman–Crippen LogP) is 3.57. The zero-order valence-corrected chi connectivity index (χ0v) is 18.3. The van der Waals surface area contributed by atoms with Crippen molar-refractivity contribution >= 4 is 39.1 Å². The highest BCUT2D eigenvalue weighted by atomic mass is 35.5. The fourth-order valence-electron chi connectivity index (χ4n) is 3.32. The summed E-state index contributed by atoms with van der Waals surface area (Å²) < 4.78 is 28.1. The molecular formula is C22H18ClN5O3S. The molecule has 1 fully saturated rings. The lowest BCUT2D eigenvalue weighted by Gasteiger charge is -2.28. The van der Waals surface area contributed by atoms with Crippen molar-refractivity contribution in [2.75, 3.05) is 22.7 Å². The highest BCUT2D eigenvalue weighted by molar-refractivity contribution is 7.90. The van der Waals surface area contributed by atoms with Crippen LogP contribution in [0, 0.1) is 11.3 Å². The van der Waals surface area contributed by atoms with E-state index in [1.54, 1.807) is 54.6 Å². The molecule has 0 saturated carbocycles. The third-order valence-corrected chi connectivity index (χ3v) is 6.79. The molecule has 2 N–H and O–H groups in total. The van der Waals surface area contributed by atoms with Crippen LogP contribution in [0.15, 0.2) is 60.8 Å². The molecule has 0 radical (unpaired) electrons. The van der Waals surface area contributed by atoms with Gasteiger partial charge in [0, 0.05) is 36.1 Å². The van der Waals surface area contributed by atoms with Crippen molar-refractivity contribution in [3.63, 3.8) is 0 Å². The molecule has 1 aromatic heterocycles. The van der Waals surface area contributed by atoms with Crippen molar-refractivity contribution in [2.24, 2.45) is 0 Å². The van der Waals surface area contributed by atoms with Crippen molar-refractivity contribution in [1.82, 2.24) is 9.71 Å². The molecule has 2 heterocycles. The van der Waals surface area contributed by atoms with Gasteiger partial charge in [-0.1, -0.05) is 11.6 Å². The van der Waals surface area contributed by atoms with E-state index in [0.717, 1.165) is 0 Å². The molecule has 32 heavy (non-hydrogen) atoms. The molecule has 0 aliphatic carbocycles. The van der Waals surface area contributed by atoms with Gasteiger partial charge >= 0.3 is 10.2 Å². The summed E-state index contributed by atoms with van der Waals surface area (Å²) in [6, 6.07) is 16.6. The Labute approximate surface area is 190 Å². The van der Waals surface area contributed by atoms with Crippen LogP contribution in [0.1, 0.15) is 22.3 Å². The fourth-order valence-corrected chi connectivity index (χ4v) is 4.86. The van der Waals surface area contributed by atoms with Gasteiger partial charge < -0.3 is 5.32 Å². The summed E-state index contributed by atoms with van der Waals surface area (Å²) >= 11 is 6.30. The van der Waals surface area contributed by atoms with Gasteiger partial charge in [-0.2, -0.15) is 18.4 Å². The summed E-state index contributed by atoms with van der Waals surface area (Å²) in [5.41, 5.74) is 2.92. The molecule has 1 aliphatic heterocycles. The van der Waals surface area contributed by atoms with E-state index < -0.39 is 10.2 Å². The van der Waals surface area contributed by atoms with Crippen LogP contribution < -0.4 is 14.3 Å². The van der Waals surface area contributed by atoms with E-state index in [1.807, 2.05) is 0 Å². The molecule has 0 atom stereocenters. The van der Waals surface area contributed by atoms with Crippen molar-refractivity contribution in [1.29, 1.82) is 5.26 Å². The normalized spacial score (nSPS) is 15.1. The van der Waals surface area contributed by atoms with Gasteiger partial charge in [0.2, 0.25) is 0 Å². The SMILES string of the molecule is N#Cc1ccnc(-c2cc(NC(=O)c3ccc(N4CCCNS4(=O)=O)cc3)ccc2Cl)c1. The van der Waals surface area contributed by atoms with E-state index in [2.05, 4.69) is 21.1 Å². The molecule has 0 unspecified atom stereocenters. The van der Waals surface area contributed by atoms with Crippen LogP contribution in [0.5, 0.6) is 0 Å². The van der Waals surface area contributed by atoms with Crippen molar-refractivity contribution in [3.8, 4) is 17.3 Å². The number of hydrogen-bond acceptors (Lipinski definition) is 5. The Hall–Kier alpha value is -3.45. The predicted molar refractivity (Wildman–Crippen MR) is 123 cm³/mol. The number of halogens is 1. The van der Waals surface area contributed by atoms with E-state index in [-0.39, 0.29) is 5.91 Å². The highest BCUT2D eigenvalue weighted by Crippen LogP contribution is 2.30. The molecule has 0 bridgehead atoms. The maximum Gasteiger partial charge on any atom is 0.301 e. The molecule has 162 valence electrons. The second-order valence-corrected chi connectivity index (χ2v) is 9.15. The Balaban J connectivity index is 1.53. The molecule has 3 aromatic rings. The molecule has 4 rings (SSSR count). The van der Waals surface area contributed by atoms with Crippen LogP contribution in [-0.4, -0.2) is 32.4 Å². The number of carbonyl (C=O) groups excluding carboxylic acids is 1. The Morgan fingerprint density at radius 3 is 2.66 bits per heavy atom. The molecule has 8 nitrogen and oxygen atoms in total. The number of anilines is 2. The smallest absolute Gasteiger partial charge is 0.301 e. The number of aromatic nitrogens is 1. The standard InChI is InChI=1S/C22H18ClN5O3S/c23-20-7-4-17(13-19(20)21-12-15(14-24)8-10-25-21)27-22(29)16-2-5-18(6-3-16)28-11-1-9-26-32(28,30)31/h2-8,10,12-13,26H,1,9,11H2,(H,27,29). The maximum absolute atomic E-state index is 12.7. The zero-order chi connectivity index (χ0) is 22.7. The summed E-state index contributed by atoms with van der Waals surface area (Å²) in [6.45, 7) is 0.800. The molecule has 10 heteroatoms. The van der Waals surface area contributed by atoms with Gasteiger partial charge in [0.05, 0.1) is 28.0 Å². The summed E-state index contributed by atoms with van der Waals surface area (Å²) in [6.07, 6.45) is 2.22. The number of nitrogens with zero attached hydrogens (tertiary/aromatic N) is 3. The first kappa shape index (κ1) is 21.8. The average molecular weight is 468 g/mol. The number of benzene rings is 2. The third-order valence-electron chi connectivity index (χ3n) is 4.92. The Kier molecular flexibility index (Phi) is 6.10. The summed E-state index contributed by atoms with van der Waals surface area (Å²) in [5, 5.41) is 12.3. The average Bonchev–Trinajstić information content (AvgIpc) is 2.80. The Morgan fingerprint density at radius 1 is 1.16 bits per heavy atom. The first-order chi connectivity index (χ1) is 15.4. The molecule has 0 spiro atoms. The van der Waals surface area contributed by atoms with Gasteiger partial charge in [-0.25, -0.2) is 0 Å². The van der Waals surface area contributed by atoms with Crippen molar-refractivity contribution in [3.05, 3.63) is 76.9 Å². The first-order valence-corrected chi connectivity index (χ1v) is 11.5. The van der Waals surface area contributed by atoms with Crippen LogP contribution in [0.3, 0.4) is 0 Å². The number of nitrogens with one attached hydrogen (secondary N) is 2. The third kappa shape index (κ3) is 4.57. The fraction of sp³-hybridized carbons (Fsp3) is 0.136. The van der Waals surface area contributed by atoms with E-state index in [9.17, 15) is 13.2 Å². The lowest BCUT2D eigenvalue weighted by Crippen LogP contribution is -2.47. The quantitative estimate of drug-likeness (QED) is 0.608. The molecule has 1 aliphatic rings. The number of pyridine rings is 1. The monoisotopic (exact) mass is 467 g/mol. The van der Waals surface area contributed by atoms with E-state index in [1.165, 1.54) is 10.5 Å². The van der Waals surface area contributed by atoms with E-state index in [0.29, 0.717) is 58.3 Å². The first-order valence-electron chi connectivity index (χ1n) is 9.72. The Bertz CT molecular complexity index is 1320. The highest BCUT2D eigenvalue weighted by Gasteiger charge is 2.25. The van der Waals surface area contributed by atoms with Gasteiger partial charge in [-0.3, -0.25) is 14.1 Å². The summed E-state index contributed by atoms with van der Waals surface area (Å²) in [7, 11) is -3.55. The van der Waals surface area contributed by atoms with Crippen LogP contribution in [-0.2, 0) is 10.2 Å². The topological polar surface area (TPSA) is 115 Å². The van der Waals surface area contributed by atoms with Gasteiger partial charge in [-0.05, 0) is 61.0 Å². The van der Waals surface area contributed by atoms with Crippen molar-refractivity contribution < 1.29 is 13.2 Å². The second-order valence-electron chi connectivity index (χ2n) is 7.06. The zero-order valence-electron chi connectivity index (χ0n) is 16.7. The van der Waals surface area contributed by atoms with Crippen LogP contribution >= 0.6 is 11.6 Å². The minimum Gasteiger partial charge on any atom is -0.322 e. The van der Waals surface area contributed by atoms with Gasteiger partial charge in [0.25, 0.3) is 5.91 Å². The van der Waals surface area contributed by atoms with E-state index >= 15 is 0 Å². The molecule has 2 aromatic carbocycles. The summed E-state index contributed by atoms with van der Waals surface area (Å²) in [5.74, 6) is -0.358. The van der Waals surface area contributed by atoms with Crippen LogP contribution in [0.4, 0.5) is 11.4 Å². The molecule has 1 saturated heterocycles. The number of amides is 1. The van der Waals surface area contributed by atoms with Crippen LogP contribution in [0.25, 0.3) is 11.3 Å². The lowest BCUT2D eigenvalue weighted by molar-refractivity contribution is 0.102. The van der Waals surface area contributed by atoms with E-state index in [4.69, 9.17) is 16.9 Å². The minimum atomic E-state index is -3.55. The largest absolute Gasteiger partial charge is 0.322 e. The number of rotatable bonds is 4. The second kappa shape index (κ2) is 8.96. The molecule has 1 amide bonds. The van der Waals surface area contributed by atoms with Gasteiger partial charge in [0.1, 0.15) is 0 Å². The van der Waals surface area contributed by atoms with Crippen molar-refractivity contribution in [2.45, 2.75) is 6.42 Å². The molecular weight excluding hydrogens is 450 g/mol. The van der Waals surface area contributed by atoms with Gasteiger partial charge in [0.15, 0.2) is 0 Å². The number of carbonyl (C=O) groups is 1. The lowest BCUT2D eigenvalue weighted by atomic mass is 10.1. The maximum atomic E-state index is 12.7. The Morgan fingerprint density at radius 2 is 1.94 bits per heavy atom. The van der Waals surface area contributed by atoms with Gasteiger partial charge in [-0.15, -0.1) is 0 Å². The summed E-state index contributed by atoms with van der Waals surface area (Å²) in [4.78, 5) is 17.0. The van der Waals surface area contributed by atoms with Crippen LogP contribution in [0.2, 0.25) is 5.02 Å². The number of nitriles is 1.